The van der Waals surface area contributed by atoms with Gasteiger partial charge in [-0.15, -0.1) is 0 Å². The van der Waals surface area contributed by atoms with Crippen molar-refractivity contribution in [3.63, 3.8) is 0 Å². The molecule has 1 aromatic rings. The molecule has 0 radical (unpaired) electrons. The molecule has 120 valence electrons. The molecule has 0 aromatic heterocycles. The van der Waals surface area contributed by atoms with Crippen LogP contribution in [0.3, 0.4) is 0 Å². The number of likely N-dealkylation sites (N-methyl/N-ethyl adjacent to an activating group) is 1. The molecular formula is C17H25N3O2. The zero-order valence-corrected chi connectivity index (χ0v) is 13.2. The molecule has 3 rings (SSSR count). The Balaban J connectivity index is 1.55. The summed E-state index contributed by atoms with van der Waals surface area (Å²) in [5.74, 6) is -0.947. The molecule has 0 aliphatic carbocycles. The number of hydrogen-bond donors (Lipinski definition) is 2. The maximum absolute atomic E-state index is 11.0. The molecule has 0 saturated carbocycles. The van der Waals surface area contributed by atoms with Crippen LogP contribution >= 0.6 is 0 Å². The zero-order chi connectivity index (χ0) is 15.5. The van der Waals surface area contributed by atoms with Crippen molar-refractivity contribution in [3.05, 3.63) is 35.4 Å². The van der Waals surface area contributed by atoms with Gasteiger partial charge in [0, 0.05) is 45.3 Å². The van der Waals surface area contributed by atoms with E-state index in [1.165, 1.54) is 11.1 Å². The van der Waals surface area contributed by atoms with Crippen molar-refractivity contribution < 1.29 is 9.90 Å². The first-order valence-corrected chi connectivity index (χ1v) is 8.08. The van der Waals surface area contributed by atoms with E-state index in [1.807, 2.05) is 0 Å². The average Bonchev–Trinajstić information content (AvgIpc) is 3.00. The Morgan fingerprint density at radius 2 is 1.91 bits per heavy atom. The normalized spacial score (nSPS) is 27.1. The van der Waals surface area contributed by atoms with Crippen molar-refractivity contribution in [2.24, 2.45) is 5.92 Å². The molecule has 22 heavy (non-hydrogen) atoms. The highest BCUT2D eigenvalue weighted by atomic mass is 16.4. The summed E-state index contributed by atoms with van der Waals surface area (Å²) in [5.41, 5.74) is 2.53. The van der Waals surface area contributed by atoms with Gasteiger partial charge in [0.05, 0.1) is 5.92 Å². The lowest BCUT2D eigenvalue weighted by Crippen LogP contribution is -2.43. The molecule has 2 aliphatic rings. The minimum absolute atomic E-state index is 0.179. The quantitative estimate of drug-likeness (QED) is 0.874. The summed E-state index contributed by atoms with van der Waals surface area (Å²) < 4.78 is 0. The van der Waals surface area contributed by atoms with E-state index in [0.29, 0.717) is 13.0 Å². The number of carboxylic acid groups (broad SMARTS) is 1. The molecule has 0 amide bonds. The van der Waals surface area contributed by atoms with Crippen LogP contribution in [-0.2, 0) is 11.3 Å². The van der Waals surface area contributed by atoms with E-state index in [2.05, 4.69) is 46.4 Å². The molecule has 5 nitrogen and oxygen atoms in total. The van der Waals surface area contributed by atoms with Crippen LogP contribution < -0.4 is 5.32 Å². The largest absolute Gasteiger partial charge is 0.481 e. The molecule has 0 spiro atoms. The van der Waals surface area contributed by atoms with E-state index >= 15 is 0 Å². The van der Waals surface area contributed by atoms with Crippen molar-refractivity contribution in [1.29, 1.82) is 0 Å². The minimum atomic E-state index is -0.693. The third kappa shape index (κ3) is 3.66. The summed E-state index contributed by atoms with van der Waals surface area (Å²) in [5, 5.41) is 12.4. The van der Waals surface area contributed by atoms with E-state index in [4.69, 9.17) is 5.11 Å². The first-order valence-electron chi connectivity index (χ1n) is 8.08. The zero-order valence-electron chi connectivity index (χ0n) is 13.2. The van der Waals surface area contributed by atoms with Gasteiger partial charge in [0.25, 0.3) is 0 Å². The van der Waals surface area contributed by atoms with Crippen LogP contribution in [0.5, 0.6) is 0 Å². The van der Waals surface area contributed by atoms with Gasteiger partial charge in [0.1, 0.15) is 0 Å². The highest BCUT2D eigenvalue weighted by Gasteiger charge is 2.29. The van der Waals surface area contributed by atoms with Gasteiger partial charge in [0.15, 0.2) is 0 Å². The van der Waals surface area contributed by atoms with Crippen LogP contribution in [0.4, 0.5) is 0 Å². The predicted molar refractivity (Wildman–Crippen MR) is 85.7 cm³/mol. The molecule has 2 atom stereocenters. The Morgan fingerprint density at radius 3 is 2.50 bits per heavy atom. The van der Waals surface area contributed by atoms with E-state index in [-0.39, 0.29) is 12.0 Å². The molecule has 2 heterocycles. The molecule has 2 unspecified atom stereocenters. The van der Waals surface area contributed by atoms with Crippen LogP contribution in [0.25, 0.3) is 0 Å². The predicted octanol–water partition coefficient (Wildman–Crippen LogP) is 1.17. The summed E-state index contributed by atoms with van der Waals surface area (Å²) in [6.45, 7) is 6.11. The summed E-state index contributed by atoms with van der Waals surface area (Å²) >= 11 is 0. The SMILES string of the molecule is CN1CCN(Cc2ccc(C3CC(C(=O)O)CN3)cc2)CC1. The molecule has 0 bridgehead atoms. The Bertz CT molecular complexity index is 509. The fraction of sp³-hybridized carbons (Fsp3) is 0.588. The van der Waals surface area contributed by atoms with E-state index in [9.17, 15) is 4.79 Å². The first-order chi connectivity index (χ1) is 10.6. The Kier molecular flexibility index (Phi) is 4.76. The fourth-order valence-corrected chi connectivity index (χ4v) is 3.30. The molecule has 5 heteroatoms. The number of benzene rings is 1. The summed E-state index contributed by atoms with van der Waals surface area (Å²) in [7, 11) is 2.17. The number of nitrogens with zero attached hydrogens (tertiary/aromatic N) is 2. The Morgan fingerprint density at radius 1 is 1.23 bits per heavy atom. The molecule has 2 N–H and O–H groups in total. The molecule has 2 fully saturated rings. The van der Waals surface area contributed by atoms with Gasteiger partial charge in [-0.05, 0) is 24.6 Å². The van der Waals surface area contributed by atoms with Gasteiger partial charge in [-0.2, -0.15) is 0 Å². The van der Waals surface area contributed by atoms with Crippen LogP contribution in [0.15, 0.2) is 24.3 Å². The van der Waals surface area contributed by atoms with Gasteiger partial charge in [-0.1, -0.05) is 24.3 Å². The van der Waals surface area contributed by atoms with Crippen molar-refractivity contribution >= 4 is 5.97 Å². The number of rotatable bonds is 4. The van der Waals surface area contributed by atoms with Gasteiger partial charge < -0.3 is 15.3 Å². The number of aliphatic carboxylic acids is 1. The first kappa shape index (κ1) is 15.5. The summed E-state index contributed by atoms with van der Waals surface area (Å²) in [6.07, 6.45) is 0.688. The average molecular weight is 303 g/mol. The number of carbonyl (C=O) groups is 1. The van der Waals surface area contributed by atoms with Crippen molar-refractivity contribution in [3.8, 4) is 0 Å². The molecule has 1 aromatic carbocycles. The standard InChI is InChI=1S/C17H25N3O2/c1-19-6-8-20(9-7-19)12-13-2-4-14(5-3-13)16-10-15(11-18-16)17(21)22/h2-5,15-16,18H,6-12H2,1H3,(H,21,22). The number of hydrogen-bond acceptors (Lipinski definition) is 4. The third-order valence-electron chi connectivity index (χ3n) is 4.86. The van der Waals surface area contributed by atoms with E-state index in [1.54, 1.807) is 0 Å². The second-order valence-corrected chi connectivity index (χ2v) is 6.55. The van der Waals surface area contributed by atoms with Gasteiger partial charge in [-0.25, -0.2) is 0 Å². The van der Waals surface area contributed by atoms with Crippen molar-refractivity contribution in [2.75, 3.05) is 39.8 Å². The van der Waals surface area contributed by atoms with Gasteiger partial charge >= 0.3 is 5.97 Å². The lowest BCUT2D eigenvalue weighted by molar-refractivity contribution is -0.141. The second kappa shape index (κ2) is 6.77. The summed E-state index contributed by atoms with van der Waals surface area (Å²) in [4.78, 5) is 15.9. The molecule has 2 saturated heterocycles. The van der Waals surface area contributed by atoms with E-state index in [0.717, 1.165) is 32.7 Å². The topological polar surface area (TPSA) is 55.8 Å². The number of piperazine rings is 1. The molecular weight excluding hydrogens is 278 g/mol. The maximum atomic E-state index is 11.0. The lowest BCUT2D eigenvalue weighted by Gasteiger charge is -2.32. The monoisotopic (exact) mass is 303 g/mol. The Labute approximate surface area is 131 Å². The second-order valence-electron chi connectivity index (χ2n) is 6.55. The number of nitrogens with one attached hydrogen (secondary N) is 1. The van der Waals surface area contributed by atoms with Crippen molar-refractivity contribution in [1.82, 2.24) is 15.1 Å². The van der Waals surface area contributed by atoms with Gasteiger partial charge in [0.2, 0.25) is 0 Å². The maximum Gasteiger partial charge on any atom is 0.307 e. The lowest BCUT2D eigenvalue weighted by atomic mass is 9.99. The van der Waals surface area contributed by atoms with Crippen LogP contribution in [0.2, 0.25) is 0 Å². The highest BCUT2D eigenvalue weighted by Crippen LogP contribution is 2.27. The van der Waals surface area contributed by atoms with Crippen molar-refractivity contribution in [2.45, 2.75) is 19.0 Å². The Hall–Kier alpha value is -1.43. The fourth-order valence-electron chi connectivity index (χ4n) is 3.30. The smallest absolute Gasteiger partial charge is 0.307 e. The number of carboxylic acids is 1. The minimum Gasteiger partial charge on any atom is -0.481 e. The third-order valence-corrected chi connectivity index (χ3v) is 4.86. The molecule has 2 aliphatic heterocycles. The van der Waals surface area contributed by atoms with Crippen LogP contribution in [-0.4, -0.2) is 60.6 Å². The summed E-state index contributed by atoms with van der Waals surface area (Å²) in [6, 6.07) is 8.84. The highest BCUT2D eigenvalue weighted by molar-refractivity contribution is 5.70. The van der Waals surface area contributed by atoms with Gasteiger partial charge in [-0.3, -0.25) is 9.69 Å². The van der Waals surface area contributed by atoms with E-state index < -0.39 is 5.97 Å². The van der Waals surface area contributed by atoms with Crippen LogP contribution in [0, 0.1) is 5.92 Å². The van der Waals surface area contributed by atoms with Crippen LogP contribution in [0.1, 0.15) is 23.6 Å².